The zero-order valence-electron chi connectivity index (χ0n) is 19.6. The number of halogens is 7. The van der Waals surface area contributed by atoms with E-state index in [1.165, 1.54) is 0 Å². The van der Waals surface area contributed by atoms with Crippen LogP contribution in [0.15, 0.2) is 49.1 Å². The Labute approximate surface area is 209 Å². The van der Waals surface area contributed by atoms with Crippen LogP contribution in [-0.2, 0) is 15.6 Å². The van der Waals surface area contributed by atoms with Gasteiger partial charge in [-0.15, -0.1) is 19.8 Å². The highest BCUT2D eigenvalue weighted by Gasteiger charge is 2.38. The summed E-state index contributed by atoms with van der Waals surface area (Å²) in [6, 6.07) is 5.78. The summed E-state index contributed by atoms with van der Waals surface area (Å²) in [4.78, 5) is 0. The molecule has 2 fully saturated rings. The molecule has 0 amide bonds. The SMILES string of the molecule is C=CC1COC(C2CCC(c3ccc(C(F)(F)Oc4cc(F)c(OC(F)(F)F)c(F)c4)cc3)CC2)OC1. The van der Waals surface area contributed by atoms with Crippen molar-refractivity contribution in [1.82, 2.24) is 0 Å². The normalized spacial score (nSPS) is 24.9. The fourth-order valence-electron chi connectivity index (χ4n) is 4.63. The van der Waals surface area contributed by atoms with E-state index in [0.717, 1.165) is 43.4 Å². The van der Waals surface area contributed by atoms with Crippen LogP contribution in [0.5, 0.6) is 11.5 Å². The van der Waals surface area contributed by atoms with Gasteiger partial charge in [-0.25, -0.2) is 8.78 Å². The van der Waals surface area contributed by atoms with Crippen LogP contribution in [0.25, 0.3) is 0 Å². The van der Waals surface area contributed by atoms with Gasteiger partial charge in [0.15, 0.2) is 17.9 Å². The minimum atomic E-state index is -5.36. The Morgan fingerprint density at radius 3 is 1.92 bits per heavy atom. The van der Waals surface area contributed by atoms with Crippen molar-refractivity contribution in [3.05, 3.63) is 71.8 Å². The number of ether oxygens (including phenoxy) is 4. The molecule has 1 saturated carbocycles. The Bertz CT molecular complexity index is 1050. The van der Waals surface area contributed by atoms with E-state index in [0.29, 0.717) is 13.2 Å². The molecule has 0 unspecified atom stereocenters. The Morgan fingerprint density at radius 2 is 1.41 bits per heavy atom. The Kier molecular flexibility index (Phi) is 8.03. The van der Waals surface area contributed by atoms with Gasteiger partial charge < -0.3 is 18.9 Å². The topological polar surface area (TPSA) is 36.9 Å². The lowest BCUT2D eigenvalue weighted by molar-refractivity contribution is -0.276. The molecule has 1 aliphatic carbocycles. The zero-order chi connectivity index (χ0) is 26.8. The van der Waals surface area contributed by atoms with Crippen molar-refractivity contribution >= 4 is 0 Å². The number of benzene rings is 2. The fourth-order valence-corrected chi connectivity index (χ4v) is 4.63. The second kappa shape index (κ2) is 10.9. The first kappa shape index (κ1) is 27.3. The molecule has 11 heteroatoms. The van der Waals surface area contributed by atoms with Gasteiger partial charge in [-0.2, -0.15) is 8.78 Å². The van der Waals surface area contributed by atoms with E-state index >= 15 is 0 Å². The van der Waals surface area contributed by atoms with Crippen LogP contribution in [0.1, 0.15) is 42.7 Å². The maximum atomic E-state index is 14.6. The van der Waals surface area contributed by atoms with Crippen molar-refractivity contribution in [1.29, 1.82) is 0 Å². The molecule has 0 bridgehead atoms. The molecule has 0 aromatic heterocycles. The van der Waals surface area contributed by atoms with Gasteiger partial charge in [-0.05, 0) is 49.3 Å². The fraction of sp³-hybridized carbons (Fsp3) is 0.462. The number of hydrogen-bond donors (Lipinski definition) is 0. The first-order chi connectivity index (χ1) is 17.4. The summed E-state index contributed by atoms with van der Waals surface area (Å²) in [5.74, 6) is -5.82. The van der Waals surface area contributed by atoms with E-state index in [1.54, 1.807) is 12.1 Å². The molecule has 1 saturated heterocycles. The van der Waals surface area contributed by atoms with Crippen molar-refractivity contribution in [3.8, 4) is 11.5 Å². The summed E-state index contributed by atoms with van der Waals surface area (Å²) in [6.07, 6.45) is -4.42. The van der Waals surface area contributed by atoms with Gasteiger partial charge in [0.2, 0.25) is 5.75 Å². The molecule has 202 valence electrons. The third-order valence-corrected chi connectivity index (χ3v) is 6.59. The zero-order valence-corrected chi connectivity index (χ0v) is 19.6. The molecule has 2 aromatic rings. The smallest absolute Gasteiger partial charge is 0.429 e. The summed E-state index contributed by atoms with van der Waals surface area (Å²) >= 11 is 0. The molecule has 0 radical (unpaired) electrons. The average Bonchev–Trinajstić information content (AvgIpc) is 2.86. The molecule has 4 nitrogen and oxygen atoms in total. The Morgan fingerprint density at radius 1 is 0.838 bits per heavy atom. The molecule has 1 heterocycles. The van der Waals surface area contributed by atoms with Gasteiger partial charge in [0.25, 0.3) is 0 Å². The monoisotopic (exact) mass is 534 g/mol. The van der Waals surface area contributed by atoms with Gasteiger partial charge in [-0.3, -0.25) is 0 Å². The van der Waals surface area contributed by atoms with Gasteiger partial charge in [0.05, 0.1) is 18.8 Å². The van der Waals surface area contributed by atoms with E-state index in [-0.39, 0.29) is 36.2 Å². The lowest BCUT2D eigenvalue weighted by Gasteiger charge is -2.37. The second-order valence-corrected chi connectivity index (χ2v) is 9.15. The molecule has 0 atom stereocenters. The average molecular weight is 534 g/mol. The Balaban J connectivity index is 1.36. The molecular weight excluding hydrogens is 509 g/mol. The van der Waals surface area contributed by atoms with Crippen molar-refractivity contribution in [2.45, 2.75) is 50.4 Å². The first-order valence-electron chi connectivity index (χ1n) is 11.7. The van der Waals surface area contributed by atoms with E-state index in [1.807, 2.05) is 6.08 Å². The first-order valence-corrected chi connectivity index (χ1v) is 11.7. The maximum Gasteiger partial charge on any atom is 0.573 e. The number of alkyl halides is 5. The predicted octanol–water partition coefficient (Wildman–Crippen LogP) is 7.44. The highest BCUT2D eigenvalue weighted by molar-refractivity contribution is 5.36. The van der Waals surface area contributed by atoms with Crippen LogP contribution in [-0.4, -0.2) is 25.9 Å². The quantitative estimate of drug-likeness (QED) is 0.273. The number of hydrogen-bond acceptors (Lipinski definition) is 4. The maximum absolute atomic E-state index is 14.6. The van der Waals surface area contributed by atoms with Gasteiger partial charge in [0, 0.05) is 24.0 Å². The van der Waals surface area contributed by atoms with E-state index in [4.69, 9.17) is 9.47 Å². The third kappa shape index (κ3) is 6.75. The highest BCUT2D eigenvalue weighted by atomic mass is 19.4. The molecule has 1 aliphatic heterocycles. The molecule has 4 rings (SSSR count). The summed E-state index contributed by atoms with van der Waals surface area (Å²) in [6.45, 7) is 4.90. The van der Waals surface area contributed by atoms with Crippen LogP contribution in [0.3, 0.4) is 0 Å². The van der Waals surface area contributed by atoms with Gasteiger partial charge >= 0.3 is 12.5 Å². The Hall–Kier alpha value is -2.79. The standard InChI is InChI=1S/C26H25F7O4/c1-2-15-13-34-24(35-14-15)18-5-3-16(4-6-18)17-7-9-19(10-8-17)25(29,30)36-20-11-21(27)23(22(28)12-20)37-26(31,32)33/h2,7-12,15-16,18,24H,1,3-6,13-14H2. The largest absolute Gasteiger partial charge is 0.573 e. The lowest BCUT2D eigenvalue weighted by atomic mass is 9.78. The summed E-state index contributed by atoms with van der Waals surface area (Å²) < 4.78 is 113. The van der Waals surface area contributed by atoms with Crippen molar-refractivity contribution in [2.75, 3.05) is 13.2 Å². The second-order valence-electron chi connectivity index (χ2n) is 9.15. The van der Waals surface area contributed by atoms with E-state index in [2.05, 4.69) is 16.1 Å². The molecule has 0 spiro atoms. The molecular formula is C26H25F7O4. The van der Waals surface area contributed by atoms with Crippen molar-refractivity contribution in [3.63, 3.8) is 0 Å². The minimum absolute atomic E-state index is 0.161. The van der Waals surface area contributed by atoms with E-state index < -0.39 is 41.2 Å². The van der Waals surface area contributed by atoms with Crippen molar-refractivity contribution in [2.24, 2.45) is 11.8 Å². The summed E-state index contributed by atoms with van der Waals surface area (Å²) in [7, 11) is 0. The lowest BCUT2D eigenvalue weighted by Crippen LogP contribution is -2.37. The van der Waals surface area contributed by atoms with Crippen LogP contribution in [0.2, 0.25) is 0 Å². The summed E-state index contributed by atoms with van der Waals surface area (Å²) in [5, 5.41) is 0. The molecule has 37 heavy (non-hydrogen) atoms. The van der Waals surface area contributed by atoms with Crippen LogP contribution in [0.4, 0.5) is 30.7 Å². The van der Waals surface area contributed by atoms with Crippen LogP contribution < -0.4 is 9.47 Å². The molecule has 2 aromatic carbocycles. The summed E-state index contributed by atoms with van der Waals surface area (Å²) in [5.41, 5.74) is 0.281. The molecule has 2 aliphatic rings. The van der Waals surface area contributed by atoms with Gasteiger partial charge in [0.1, 0.15) is 5.75 Å². The third-order valence-electron chi connectivity index (χ3n) is 6.59. The minimum Gasteiger partial charge on any atom is -0.429 e. The van der Waals surface area contributed by atoms with Crippen LogP contribution >= 0.6 is 0 Å². The number of rotatable bonds is 7. The van der Waals surface area contributed by atoms with Gasteiger partial charge in [-0.1, -0.05) is 18.2 Å². The highest BCUT2D eigenvalue weighted by Crippen LogP contribution is 2.40. The van der Waals surface area contributed by atoms with E-state index in [9.17, 15) is 30.7 Å². The predicted molar refractivity (Wildman–Crippen MR) is 118 cm³/mol. The molecule has 0 N–H and O–H groups in total. The van der Waals surface area contributed by atoms with Crippen molar-refractivity contribution < 1.29 is 49.7 Å². The van der Waals surface area contributed by atoms with Crippen LogP contribution in [0, 0.1) is 23.5 Å².